The van der Waals surface area contributed by atoms with E-state index in [4.69, 9.17) is 0 Å². The summed E-state index contributed by atoms with van der Waals surface area (Å²) in [4.78, 5) is 13.8. The molecule has 0 aliphatic carbocycles. The van der Waals surface area contributed by atoms with Crippen molar-refractivity contribution in [2.24, 2.45) is 0 Å². The number of carbonyl (C=O) groups excluding carboxylic acids is 1. The largest absolute Gasteiger partial charge is 0.392 e. The summed E-state index contributed by atoms with van der Waals surface area (Å²) in [6.07, 6.45) is -0.492. The van der Waals surface area contributed by atoms with Gasteiger partial charge in [-0.15, -0.1) is 0 Å². The second-order valence-corrected chi connectivity index (χ2v) is 4.59. The van der Waals surface area contributed by atoms with Gasteiger partial charge in [0.15, 0.2) is 0 Å². The minimum Gasteiger partial charge on any atom is -0.392 e. The molecule has 0 radical (unpaired) electrons. The van der Waals surface area contributed by atoms with E-state index in [0.717, 1.165) is 11.3 Å². The second-order valence-electron chi connectivity index (χ2n) is 4.59. The maximum atomic E-state index is 12.2. The topological polar surface area (TPSA) is 52.6 Å². The van der Waals surface area contributed by atoms with Gasteiger partial charge in [-0.05, 0) is 18.6 Å². The molecule has 0 spiro atoms. The van der Waals surface area contributed by atoms with Crippen LogP contribution < -0.4 is 5.32 Å². The van der Waals surface area contributed by atoms with Crippen molar-refractivity contribution in [1.82, 2.24) is 4.90 Å². The van der Waals surface area contributed by atoms with Crippen LogP contribution in [0.25, 0.3) is 0 Å². The molecule has 0 aromatic heterocycles. The van der Waals surface area contributed by atoms with Gasteiger partial charge in [-0.1, -0.05) is 18.2 Å². The van der Waals surface area contributed by atoms with E-state index in [1.54, 1.807) is 18.9 Å². The Bertz CT molecular complexity index is 418. The van der Waals surface area contributed by atoms with Crippen molar-refractivity contribution in [2.45, 2.75) is 18.9 Å². The van der Waals surface area contributed by atoms with Crippen LogP contribution in [0.15, 0.2) is 24.3 Å². The number of hydrogen-bond acceptors (Lipinski definition) is 3. The number of likely N-dealkylation sites (N-methyl/N-ethyl adjacent to an activating group) is 1. The average molecular weight is 234 g/mol. The molecule has 2 N–H and O–H groups in total. The number of nitrogens with one attached hydrogen (secondary N) is 1. The van der Waals surface area contributed by atoms with Gasteiger partial charge in [0.2, 0.25) is 5.91 Å². The highest BCUT2D eigenvalue weighted by Gasteiger charge is 2.30. The molecule has 2 atom stereocenters. The Morgan fingerprint density at radius 2 is 2.29 bits per heavy atom. The van der Waals surface area contributed by atoms with Crippen LogP contribution in [0.4, 0.5) is 5.69 Å². The zero-order chi connectivity index (χ0) is 12.4. The minimum atomic E-state index is -0.492. The smallest absolute Gasteiger partial charge is 0.231 e. The van der Waals surface area contributed by atoms with E-state index in [1.807, 2.05) is 24.3 Å². The number of fused-ring (bicyclic) bond motifs is 1. The van der Waals surface area contributed by atoms with Gasteiger partial charge in [0.1, 0.15) is 0 Å². The lowest BCUT2D eigenvalue weighted by Crippen LogP contribution is -2.37. The van der Waals surface area contributed by atoms with Crippen LogP contribution >= 0.6 is 0 Å². The van der Waals surface area contributed by atoms with Crippen molar-refractivity contribution in [3.05, 3.63) is 29.8 Å². The molecule has 1 aliphatic heterocycles. The molecule has 2 unspecified atom stereocenters. The molecule has 1 aromatic carbocycles. The maximum Gasteiger partial charge on any atom is 0.231 e. The number of rotatable bonds is 3. The van der Waals surface area contributed by atoms with Crippen molar-refractivity contribution >= 4 is 11.6 Å². The number of hydrogen-bond donors (Lipinski definition) is 2. The van der Waals surface area contributed by atoms with Gasteiger partial charge in [-0.25, -0.2) is 0 Å². The Morgan fingerprint density at radius 1 is 1.59 bits per heavy atom. The van der Waals surface area contributed by atoms with Crippen molar-refractivity contribution in [3.63, 3.8) is 0 Å². The normalized spacial score (nSPS) is 19.4. The molecule has 1 aliphatic rings. The van der Waals surface area contributed by atoms with Crippen LogP contribution in [-0.2, 0) is 4.79 Å². The first-order valence-corrected chi connectivity index (χ1v) is 5.85. The van der Waals surface area contributed by atoms with Gasteiger partial charge in [0, 0.05) is 25.8 Å². The van der Waals surface area contributed by atoms with Gasteiger partial charge in [-0.3, -0.25) is 4.79 Å². The van der Waals surface area contributed by atoms with Crippen LogP contribution in [0.5, 0.6) is 0 Å². The minimum absolute atomic E-state index is 0.0587. The first-order valence-electron chi connectivity index (χ1n) is 5.85. The number of aliphatic hydroxyl groups is 1. The van der Waals surface area contributed by atoms with E-state index in [2.05, 4.69) is 5.32 Å². The molecular weight excluding hydrogens is 216 g/mol. The summed E-state index contributed by atoms with van der Waals surface area (Å²) in [6, 6.07) is 7.87. The highest BCUT2D eigenvalue weighted by Crippen LogP contribution is 2.31. The van der Waals surface area contributed by atoms with Crippen molar-refractivity contribution < 1.29 is 9.90 Å². The molecule has 1 amide bonds. The third-order valence-electron chi connectivity index (χ3n) is 3.05. The number of aliphatic hydroxyl groups excluding tert-OH is 1. The first kappa shape index (κ1) is 11.9. The average Bonchev–Trinajstić information content (AvgIpc) is 2.70. The Labute approximate surface area is 101 Å². The fourth-order valence-corrected chi connectivity index (χ4v) is 2.26. The second kappa shape index (κ2) is 4.75. The Balaban J connectivity index is 2.12. The maximum absolute atomic E-state index is 12.2. The first-order chi connectivity index (χ1) is 8.09. The van der Waals surface area contributed by atoms with E-state index in [0.29, 0.717) is 13.1 Å². The Kier molecular flexibility index (Phi) is 3.33. The van der Waals surface area contributed by atoms with Gasteiger partial charge in [0.05, 0.1) is 12.0 Å². The van der Waals surface area contributed by atoms with Gasteiger partial charge >= 0.3 is 0 Å². The number of anilines is 1. The number of benzene rings is 1. The molecule has 4 heteroatoms. The summed E-state index contributed by atoms with van der Waals surface area (Å²) < 4.78 is 0. The van der Waals surface area contributed by atoms with Crippen molar-refractivity contribution in [2.75, 3.05) is 25.5 Å². The predicted octanol–water partition coefficient (Wildman–Crippen LogP) is 1.03. The van der Waals surface area contributed by atoms with E-state index >= 15 is 0 Å². The zero-order valence-electron chi connectivity index (χ0n) is 10.2. The van der Waals surface area contributed by atoms with Gasteiger partial charge < -0.3 is 15.3 Å². The Morgan fingerprint density at radius 3 is 3.00 bits per heavy atom. The molecule has 92 valence electrons. The van der Waals surface area contributed by atoms with Crippen LogP contribution in [0, 0.1) is 0 Å². The molecule has 0 saturated carbocycles. The SMILES string of the molecule is CC(O)CN(C)C(=O)C1CNc2ccccc21. The third-order valence-corrected chi connectivity index (χ3v) is 3.05. The number of para-hydroxylation sites is 1. The summed E-state index contributed by atoms with van der Waals surface area (Å²) in [5, 5.41) is 12.5. The molecule has 1 heterocycles. The van der Waals surface area contributed by atoms with Crippen LogP contribution in [-0.4, -0.2) is 42.2 Å². The van der Waals surface area contributed by atoms with Crippen LogP contribution in [0.1, 0.15) is 18.4 Å². The van der Waals surface area contributed by atoms with E-state index < -0.39 is 6.10 Å². The summed E-state index contributed by atoms with van der Waals surface area (Å²) in [5.41, 5.74) is 2.09. The van der Waals surface area contributed by atoms with E-state index in [9.17, 15) is 9.90 Å². The summed E-state index contributed by atoms with van der Waals surface area (Å²) in [5.74, 6) is -0.0710. The predicted molar refractivity (Wildman–Crippen MR) is 67.0 cm³/mol. The molecule has 0 bridgehead atoms. The summed E-state index contributed by atoms with van der Waals surface area (Å²) in [6.45, 7) is 2.70. The fraction of sp³-hybridized carbons (Fsp3) is 0.462. The van der Waals surface area contributed by atoms with Gasteiger partial charge in [-0.2, -0.15) is 0 Å². The standard InChI is InChI=1S/C13H18N2O2/c1-9(16)8-15(2)13(17)11-7-14-12-6-4-3-5-10(11)12/h3-6,9,11,14,16H,7-8H2,1-2H3. The quantitative estimate of drug-likeness (QED) is 0.821. The number of amides is 1. The lowest BCUT2D eigenvalue weighted by Gasteiger charge is -2.22. The van der Waals surface area contributed by atoms with Crippen LogP contribution in [0.2, 0.25) is 0 Å². The third kappa shape index (κ3) is 2.42. The molecule has 17 heavy (non-hydrogen) atoms. The highest BCUT2D eigenvalue weighted by molar-refractivity contribution is 5.88. The molecule has 4 nitrogen and oxygen atoms in total. The molecule has 0 saturated heterocycles. The van der Waals surface area contributed by atoms with Crippen molar-refractivity contribution in [3.8, 4) is 0 Å². The zero-order valence-corrected chi connectivity index (χ0v) is 10.2. The highest BCUT2D eigenvalue weighted by atomic mass is 16.3. The molecular formula is C13H18N2O2. The number of carbonyl (C=O) groups is 1. The fourth-order valence-electron chi connectivity index (χ4n) is 2.26. The lowest BCUT2D eigenvalue weighted by molar-refractivity contribution is -0.132. The Hall–Kier alpha value is -1.55. The monoisotopic (exact) mass is 234 g/mol. The number of nitrogens with zero attached hydrogens (tertiary/aromatic N) is 1. The molecule has 2 rings (SSSR count). The van der Waals surface area contributed by atoms with E-state index in [-0.39, 0.29) is 11.8 Å². The lowest BCUT2D eigenvalue weighted by atomic mass is 10.00. The van der Waals surface area contributed by atoms with Gasteiger partial charge in [0.25, 0.3) is 0 Å². The molecule has 1 aromatic rings. The van der Waals surface area contributed by atoms with Crippen LogP contribution in [0.3, 0.4) is 0 Å². The summed E-state index contributed by atoms with van der Waals surface area (Å²) >= 11 is 0. The molecule has 0 fully saturated rings. The van der Waals surface area contributed by atoms with Crippen molar-refractivity contribution in [1.29, 1.82) is 0 Å². The summed E-state index contributed by atoms with van der Waals surface area (Å²) in [7, 11) is 1.73. The van der Waals surface area contributed by atoms with E-state index in [1.165, 1.54) is 0 Å².